The van der Waals surface area contributed by atoms with Crippen LogP contribution in [-0.4, -0.2) is 37.4 Å². The van der Waals surface area contributed by atoms with Gasteiger partial charge in [0.1, 0.15) is 5.92 Å². The Morgan fingerprint density at radius 3 is 2.47 bits per heavy atom. The van der Waals surface area contributed by atoms with Crippen LogP contribution in [0.4, 0.5) is 0 Å². The van der Waals surface area contributed by atoms with Crippen LogP contribution in [0.5, 0.6) is 0 Å². The van der Waals surface area contributed by atoms with Crippen molar-refractivity contribution >= 4 is 18.2 Å². The van der Waals surface area contributed by atoms with Crippen molar-refractivity contribution in [1.82, 2.24) is 5.43 Å². The molecule has 0 bridgehead atoms. The first kappa shape index (κ1) is 11.5. The molecular formula is C9H14N2O4. The van der Waals surface area contributed by atoms with Gasteiger partial charge in [-0.3, -0.25) is 10.2 Å². The zero-order valence-corrected chi connectivity index (χ0v) is 8.73. The van der Waals surface area contributed by atoms with Crippen molar-refractivity contribution in [2.24, 2.45) is 11.0 Å². The normalized spacial score (nSPS) is 23.3. The van der Waals surface area contributed by atoms with Crippen molar-refractivity contribution < 1.29 is 19.1 Å². The Hall–Kier alpha value is -1.59. The Morgan fingerprint density at radius 1 is 1.27 bits per heavy atom. The first-order valence-electron chi connectivity index (χ1n) is 4.82. The average Bonchev–Trinajstić information content (AvgIpc) is 2.66. The summed E-state index contributed by atoms with van der Waals surface area (Å²) in [4.78, 5) is 22.8. The van der Waals surface area contributed by atoms with Gasteiger partial charge in [0.25, 0.3) is 0 Å². The minimum Gasteiger partial charge on any atom is -0.465 e. The molecule has 1 rings (SSSR count). The molecule has 0 saturated heterocycles. The van der Waals surface area contributed by atoms with Gasteiger partial charge in [0, 0.05) is 6.21 Å². The summed E-state index contributed by atoms with van der Waals surface area (Å²) in [6.45, 7) is 3.95. The highest BCUT2D eigenvalue weighted by molar-refractivity contribution is 5.98. The third-order valence-corrected chi connectivity index (χ3v) is 1.91. The minimum absolute atomic E-state index is 0.270. The number of nitrogens with one attached hydrogen (secondary N) is 1. The molecule has 2 atom stereocenters. The Bertz CT molecular complexity index is 277. The summed E-state index contributed by atoms with van der Waals surface area (Å²) >= 11 is 0. The lowest BCUT2D eigenvalue weighted by atomic mass is 10.0. The van der Waals surface area contributed by atoms with Crippen LogP contribution in [0.25, 0.3) is 0 Å². The molecule has 1 aliphatic heterocycles. The largest absolute Gasteiger partial charge is 0.465 e. The summed E-state index contributed by atoms with van der Waals surface area (Å²) in [5.41, 5.74) is 2.52. The van der Waals surface area contributed by atoms with Crippen LogP contribution in [0.3, 0.4) is 0 Å². The number of carbonyl (C=O) groups excluding carboxylic acids is 2. The van der Waals surface area contributed by atoms with Crippen molar-refractivity contribution in [3.05, 3.63) is 0 Å². The van der Waals surface area contributed by atoms with Crippen LogP contribution in [-0.2, 0) is 19.1 Å². The molecule has 0 aromatic rings. The molecule has 0 aromatic carbocycles. The van der Waals surface area contributed by atoms with Gasteiger partial charge in [-0.1, -0.05) is 0 Å². The second-order valence-electron chi connectivity index (χ2n) is 2.91. The van der Waals surface area contributed by atoms with E-state index in [1.807, 2.05) is 0 Å². The van der Waals surface area contributed by atoms with Crippen LogP contribution in [0.1, 0.15) is 13.8 Å². The molecule has 6 heteroatoms. The molecule has 0 fully saturated rings. The third-order valence-electron chi connectivity index (χ3n) is 1.91. The Morgan fingerprint density at radius 2 is 1.87 bits per heavy atom. The van der Waals surface area contributed by atoms with Crippen molar-refractivity contribution in [1.29, 1.82) is 0 Å². The van der Waals surface area contributed by atoms with E-state index in [9.17, 15) is 9.59 Å². The van der Waals surface area contributed by atoms with Gasteiger partial charge in [-0.15, -0.1) is 0 Å². The number of rotatable bonds is 4. The number of esters is 2. The highest BCUT2D eigenvalue weighted by Gasteiger charge is 2.37. The average molecular weight is 214 g/mol. The van der Waals surface area contributed by atoms with E-state index in [0.29, 0.717) is 0 Å². The molecule has 6 nitrogen and oxygen atoms in total. The van der Waals surface area contributed by atoms with E-state index in [4.69, 9.17) is 9.47 Å². The van der Waals surface area contributed by atoms with Crippen LogP contribution in [0.2, 0.25) is 0 Å². The van der Waals surface area contributed by atoms with Gasteiger partial charge in [-0.05, 0) is 13.8 Å². The number of hydrazone groups is 1. The van der Waals surface area contributed by atoms with Crippen LogP contribution in [0.15, 0.2) is 5.10 Å². The molecule has 0 amide bonds. The topological polar surface area (TPSA) is 77.0 Å². The van der Waals surface area contributed by atoms with E-state index >= 15 is 0 Å². The van der Waals surface area contributed by atoms with E-state index < -0.39 is 23.9 Å². The number of nitrogens with zero attached hydrogens (tertiary/aromatic N) is 1. The van der Waals surface area contributed by atoms with Crippen LogP contribution >= 0.6 is 0 Å². The Labute approximate surface area is 87.6 Å². The molecule has 0 aliphatic carbocycles. The van der Waals surface area contributed by atoms with E-state index in [-0.39, 0.29) is 13.2 Å². The summed E-state index contributed by atoms with van der Waals surface area (Å²) < 4.78 is 9.60. The lowest BCUT2D eigenvalue weighted by molar-refractivity contribution is -0.154. The quantitative estimate of drug-likeness (QED) is 0.649. The monoisotopic (exact) mass is 214 g/mol. The molecule has 84 valence electrons. The summed E-state index contributed by atoms with van der Waals surface area (Å²) in [7, 11) is 0. The van der Waals surface area contributed by atoms with E-state index in [0.717, 1.165) is 0 Å². The fourth-order valence-electron chi connectivity index (χ4n) is 1.24. The van der Waals surface area contributed by atoms with Crippen molar-refractivity contribution in [2.45, 2.75) is 19.9 Å². The van der Waals surface area contributed by atoms with Gasteiger partial charge in [0.15, 0.2) is 6.04 Å². The number of hydrogen-bond acceptors (Lipinski definition) is 6. The first-order valence-corrected chi connectivity index (χ1v) is 4.82. The maximum Gasteiger partial charge on any atom is 0.331 e. The van der Waals surface area contributed by atoms with Gasteiger partial charge < -0.3 is 9.47 Å². The third kappa shape index (κ3) is 2.68. The highest BCUT2D eigenvalue weighted by Crippen LogP contribution is 2.11. The predicted molar refractivity (Wildman–Crippen MR) is 52.2 cm³/mol. The molecule has 0 aromatic heterocycles. The van der Waals surface area contributed by atoms with Gasteiger partial charge in [-0.25, -0.2) is 4.79 Å². The van der Waals surface area contributed by atoms with Gasteiger partial charge in [-0.2, -0.15) is 5.10 Å². The first-order chi connectivity index (χ1) is 7.20. The number of hydrogen-bond donors (Lipinski definition) is 1. The second-order valence-corrected chi connectivity index (χ2v) is 2.91. The molecule has 1 aliphatic rings. The van der Waals surface area contributed by atoms with Crippen molar-refractivity contribution in [3.63, 3.8) is 0 Å². The van der Waals surface area contributed by atoms with Crippen molar-refractivity contribution in [2.75, 3.05) is 13.2 Å². The minimum atomic E-state index is -0.760. The molecule has 0 unspecified atom stereocenters. The fourth-order valence-corrected chi connectivity index (χ4v) is 1.24. The standard InChI is InChI=1S/C9H14N2O4/c1-3-14-8(12)6-5-10-11-7(6)9(13)15-4-2/h5-7,11H,3-4H2,1-2H3/t6-,7-/m1/s1. The summed E-state index contributed by atoms with van der Waals surface area (Å²) in [6.07, 6.45) is 1.36. The van der Waals surface area contributed by atoms with E-state index in [1.165, 1.54) is 6.21 Å². The SMILES string of the molecule is CCOC(=O)[C@@H]1C=NN[C@H]1C(=O)OCC. The lowest BCUT2D eigenvalue weighted by Gasteiger charge is -2.14. The molecule has 0 saturated carbocycles. The summed E-state index contributed by atoms with van der Waals surface area (Å²) in [6, 6.07) is -0.760. The van der Waals surface area contributed by atoms with Crippen LogP contribution in [0, 0.1) is 5.92 Å². The predicted octanol–water partition coefficient (Wildman–Crippen LogP) is -0.314. The zero-order valence-electron chi connectivity index (χ0n) is 8.73. The highest BCUT2D eigenvalue weighted by atomic mass is 16.5. The Kier molecular flexibility index (Phi) is 4.08. The van der Waals surface area contributed by atoms with Crippen LogP contribution < -0.4 is 5.43 Å². The smallest absolute Gasteiger partial charge is 0.331 e. The maximum absolute atomic E-state index is 11.4. The fraction of sp³-hybridized carbons (Fsp3) is 0.667. The summed E-state index contributed by atoms with van der Waals surface area (Å²) in [5, 5.41) is 3.68. The summed E-state index contributed by atoms with van der Waals surface area (Å²) in [5.74, 6) is -1.65. The van der Waals surface area contributed by atoms with Gasteiger partial charge >= 0.3 is 11.9 Å². The molecule has 1 N–H and O–H groups in total. The number of ether oxygens (including phenoxy) is 2. The van der Waals surface area contributed by atoms with Gasteiger partial charge in [0.05, 0.1) is 13.2 Å². The Balaban J connectivity index is 2.59. The van der Waals surface area contributed by atoms with E-state index in [2.05, 4.69) is 10.5 Å². The molecular weight excluding hydrogens is 200 g/mol. The lowest BCUT2D eigenvalue weighted by Crippen LogP contribution is -2.41. The zero-order chi connectivity index (χ0) is 11.3. The van der Waals surface area contributed by atoms with E-state index in [1.54, 1.807) is 13.8 Å². The molecule has 15 heavy (non-hydrogen) atoms. The molecule has 0 radical (unpaired) electrons. The number of carbonyl (C=O) groups is 2. The molecule has 1 heterocycles. The molecule has 0 spiro atoms. The maximum atomic E-state index is 11.4. The van der Waals surface area contributed by atoms with Gasteiger partial charge in [0.2, 0.25) is 0 Å². The second kappa shape index (κ2) is 5.33. The van der Waals surface area contributed by atoms with Crippen molar-refractivity contribution in [3.8, 4) is 0 Å².